The van der Waals surface area contributed by atoms with E-state index in [0.29, 0.717) is 10.7 Å². The largest absolute Gasteiger partial charge is 0.270 e. The van der Waals surface area contributed by atoms with E-state index in [2.05, 4.69) is 38.6 Å². The third kappa shape index (κ3) is 2.41. The Labute approximate surface area is 156 Å². The van der Waals surface area contributed by atoms with Crippen LogP contribution in [0.15, 0.2) is 57.9 Å². The molecule has 0 bridgehead atoms. The zero-order valence-corrected chi connectivity index (χ0v) is 15.4. The molecular weight excluding hydrogens is 366 g/mol. The fourth-order valence-electron chi connectivity index (χ4n) is 3.07. The van der Waals surface area contributed by atoms with Gasteiger partial charge in [0.2, 0.25) is 0 Å². The number of nitrogens with zero attached hydrogens (tertiary/aromatic N) is 5. The second kappa shape index (κ2) is 5.93. The fourth-order valence-corrected chi connectivity index (χ4v) is 4.65. The zero-order valence-electron chi connectivity index (χ0n) is 13.8. The Kier molecular flexibility index (Phi) is 3.54. The summed E-state index contributed by atoms with van der Waals surface area (Å²) in [7, 11) is 0. The molecule has 8 heteroatoms. The minimum Gasteiger partial charge on any atom is -0.270 e. The first-order valence-electron chi connectivity index (χ1n) is 8.03. The van der Waals surface area contributed by atoms with Crippen LogP contribution < -0.4 is 5.56 Å². The van der Waals surface area contributed by atoms with Crippen LogP contribution in [0.4, 0.5) is 0 Å². The molecule has 0 aliphatic heterocycles. The second-order valence-electron chi connectivity index (χ2n) is 5.95. The van der Waals surface area contributed by atoms with Gasteiger partial charge in [-0.2, -0.15) is 0 Å². The molecule has 0 N–H and O–H groups in total. The van der Waals surface area contributed by atoms with Crippen LogP contribution in [-0.4, -0.2) is 24.0 Å². The lowest BCUT2D eigenvalue weighted by atomic mass is 10.1. The summed E-state index contributed by atoms with van der Waals surface area (Å²) >= 11 is 2.99. The van der Waals surface area contributed by atoms with Crippen molar-refractivity contribution in [2.45, 2.75) is 17.8 Å². The van der Waals surface area contributed by atoms with Crippen molar-refractivity contribution in [2.24, 2.45) is 0 Å². The number of hydrogen-bond acceptors (Lipinski definition) is 6. The lowest BCUT2D eigenvalue weighted by molar-refractivity contribution is 0.937. The molecule has 0 unspecified atom stereocenters. The van der Waals surface area contributed by atoms with Crippen LogP contribution in [0.1, 0.15) is 11.3 Å². The number of fused-ring (bicyclic) bond motifs is 4. The molecule has 0 amide bonds. The van der Waals surface area contributed by atoms with E-state index < -0.39 is 0 Å². The topological polar surface area (TPSA) is 64.6 Å². The molecule has 0 atom stereocenters. The number of aromatic nitrogens is 5. The van der Waals surface area contributed by atoms with Gasteiger partial charge in [-0.05, 0) is 24.6 Å². The van der Waals surface area contributed by atoms with Gasteiger partial charge in [0.25, 0.3) is 5.56 Å². The second-order valence-corrected chi connectivity index (χ2v) is 7.77. The van der Waals surface area contributed by atoms with Crippen LogP contribution >= 0.6 is 23.1 Å². The molecule has 0 saturated heterocycles. The summed E-state index contributed by atoms with van der Waals surface area (Å²) in [6.07, 6.45) is 1.74. The summed E-state index contributed by atoms with van der Waals surface area (Å²) in [5, 5.41) is 12.5. The number of pyridine rings is 1. The number of hydrogen-bond donors (Lipinski definition) is 0. The Morgan fingerprint density at radius 2 is 2.08 bits per heavy atom. The molecule has 0 aliphatic rings. The molecule has 5 rings (SSSR count). The zero-order chi connectivity index (χ0) is 17.7. The first-order chi connectivity index (χ1) is 12.7. The molecule has 5 aromatic rings. The number of thioether (sulfide) groups is 1. The van der Waals surface area contributed by atoms with Crippen LogP contribution in [0, 0.1) is 6.92 Å². The fraction of sp³-hybridized carbons (Fsp3) is 0.111. The molecule has 0 fully saturated rings. The minimum atomic E-state index is -0.0565. The van der Waals surface area contributed by atoms with Gasteiger partial charge in [-0.3, -0.25) is 13.6 Å². The molecule has 0 radical (unpaired) electrons. The maximum atomic E-state index is 12.1. The standard InChI is InChI=1S/C18H13N5OS2/c1-11-8-15-20-21-18(23(15)14-5-3-2-4-13(11)14)26-10-12-9-16(24)22-6-7-25-17(22)19-12/h2-9H,10H2,1H3. The van der Waals surface area contributed by atoms with E-state index in [0.717, 1.165) is 22.0 Å². The third-order valence-corrected chi connectivity index (χ3v) is 6.00. The Hall–Kier alpha value is -2.71. The minimum absolute atomic E-state index is 0.0565. The molecule has 128 valence electrons. The van der Waals surface area contributed by atoms with Crippen molar-refractivity contribution in [1.82, 2.24) is 24.0 Å². The smallest absolute Gasteiger partial charge is 0.258 e. The first kappa shape index (κ1) is 15.5. The maximum Gasteiger partial charge on any atom is 0.258 e. The van der Waals surface area contributed by atoms with E-state index in [4.69, 9.17) is 0 Å². The highest BCUT2D eigenvalue weighted by Gasteiger charge is 2.12. The SMILES string of the molecule is Cc1cc2nnc(SCc3cc(=O)n4ccsc4n3)n2c2ccccc12. The molecule has 1 aromatic carbocycles. The summed E-state index contributed by atoms with van der Waals surface area (Å²) in [6.45, 7) is 2.08. The van der Waals surface area contributed by atoms with Crippen molar-refractivity contribution in [1.29, 1.82) is 0 Å². The first-order valence-corrected chi connectivity index (χ1v) is 9.89. The van der Waals surface area contributed by atoms with Crippen molar-refractivity contribution >= 4 is 44.6 Å². The summed E-state index contributed by atoms with van der Waals surface area (Å²) in [5.74, 6) is 0.562. The van der Waals surface area contributed by atoms with Gasteiger partial charge in [0.05, 0.1) is 11.2 Å². The van der Waals surface area contributed by atoms with Crippen molar-refractivity contribution in [3.05, 3.63) is 69.6 Å². The van der Waals surface area contributed by atoms with Crippen LogP contribution in [0.2, 0.25) is 0 Å². The van der Waals surface area contributed by atoms with E-state index in [1.165, 1.54) is 34.0 Å². The van der Waals surface area contributed by atoms with E-state index in [9.17, 15) is 4.79 Å². The van der Waals surface area contributed by atoms with Crippen LogP contribution in [0.25, 0.3) is 21.5 Å². The van der Waals surface area contributed by atoms with Gasteiger partial charge >= 0.3 is 0 Å². The van der Waals surface area contributed by atoms with Gasteiger partial charge in [0.1, 0.15) is 0 Å². The molecule has 26 heavy (non-hydrogen) atoms. The van der Waals surface area contributed by atoms with Gasteiger partial charge in [-0.1, -0.05) is 30.0 Å². The molecule has 0 aliphatic carbocycles. The highest BCUT2D eigenvalue weighted by atomic mass is 32.2. The number of benzene rings is 1. The number of para-hydroxylation sites is 1. The molecule has 4 heterocycles. The average Bonchev–Trinajstić information content (AvgIpc) is 3.27. The van der Waals surface area contributed by atoms with E-state index in [-0.39, 0.29) is 5.56 Å². The van der Waals surface area contributed by atoms with Crippen molar-refractivity contribution < 1.29 is 0 Å². The molecule has 0 saturated carbocycles. The van der Waals surface area contributed by atoms with Crippen LogP contribution in [0.3, 0.4) is 0 Å². The van der Waals surface area contributed by atoms with E-state index in [1.54, 1.807) is 16.7 Å². The third-order valence-electron chi connectivity index (χ3n) is 4.28. The Bertz CT molecular complexity index is 1330. The highest BCUT2D eigenvalue weighted by molar-refractivity contribution is 7.98. The normalized spacial score (nSPS) is 11.7. The average molecular weight is 379 g/mol. The molecular formula is C18H13N5OS2. The lowest BCUT2D eigenvalue weighted by Gasteiger charge is -2.07. The molecule has 4 aromatic heterocycles. The summed E-state index contributed by atoms with van der Waals surface area (Å²) in [4.78, 5) is 17.4. The number of thiazole rings is 1. The monoisotopic (exact) mass is 379 g/mol. The van der Waals surface area contributed by atoms with Gasteiger partial charge in [-0.25, -0.2) is 4.98 Å². The van der Waals surface area contributed by atoms with Gasteiger partial charge in [-0.15, -0.1) is 21.5 Å². The molecule has 0 spiro atoms. The van der Waals surface area contributed by atoms with Crippen LogP contribution in [-0.2, 0) is 5.75 Å². The highest BCUT2D eigenvalue weighted by Crippen LogP contribution is 2.27. The Balaban J connectivity index is 1.57. The maximum absolute atomic E-state index is 12.1. The lowest BCUT2D eigenvalue weighted by Crippen LogP contribution is -2.12. The Morgan fingerprint density at radius 1 is 1.19 bits per heavy atom. The van der Waals surface area contributed by atoms with Gasteiger partial charge in [0, 0.05) is 28.8 Å². The van der Waals surface area contributed by atoms with Crippen molar-refractivity contribution in [2.75, 3.05) is 0 Å². The van der Waals surface area contributed by atoms with E-state index >= 15 is 0 Å². The predicted molar refractivity (Wildman–Crippen MR) is 104 cm³/mol. The quantitative estimate of drug-likeness (QED) is 0.449. The summed E-state index contributed by atoms with van der Waals surface area (Å²) < 4.78 is 3.62. The molecule has 6 nitrogen and oxygen atoms in total. The van der Waals surface area contributed by atoms with E-state index in [1.807, 2.05) is 23.6 Å². The number of rotatable bonds is 3. The predicted octanol–water partition coefficient (Wildman–Crippen LogP) is 3.55. The number of aryl methyl sites for hydroxylation is 1. The summed E-state index contributed by atoms with van der Waals surface area (Å²) in [6, 6.07) is 11.9. The summed E-state index contributed by atoms with van der Waals surface area (Å²) in [5.41, 5.74) is 3.77. The van der Waals surface area contributed by atoms with Crippen molar-refractivity contribution in [3.8, 4) is 0 Å². The van der Waals surface area contributed by atoms with Gasteiger partial charge in [0.15, 0.2) is 15.8 Å². The Morgan fingerprint density at radius 3 is 3.00 bits per heavy atom. The van der Waals surface area contributed by atoms with Gasteiger partial charge < -0.3 is 0 Å². The van der Waals surface area contributed by atoms with Crippen LogP contribution in [0.5, 0.6) is 0 Å². The van der Waals surface area contributed by atoms with Crippen molar-refractivity contribution in [3.63, 3.8) is 0 Å².